The minimum absolute atomic E-state index is 0.0826. The van der Waals surface area contributed by atoms with Gasteiger partial charge >= 0.3 is 0 Å². The van der Waals surface area contributed by atoms with E-state index < -0.39 is 0 Å². The highest BCUT2D eigenvalue weighted by Gasteiger charge is 2.29. The summed E-state index contributed by atoms with van der Waals surface area (Å²) in [5, 5.41) is 0. The maximum atomic E-state index is 13.0. The van der Waals surface area contributed by atoms with Gasteiger partial charge < -0.3 is 4.90 Å². The first kappa shape index (κ1) is 16.7. The zero-order chi connectivity index (χ0) is 17.5. The highest BCUT2D eigenvalue weighted by atomic mass is 32.1. The molecule has 0 saturated heterocycles. The van der Waals surface area contributed by atoms with Gasteiger partial charge in [0.2, 0.25) is 0 Å². The van der Waals surface area contributed by atoms with Gasteiger partial charge in [0.25, 0.3) is 5.91 Å². The van der Waals surface area contributed by atoms with Crippen molar-refractivity contribution in [2.75, 3.05) is 6.54 Å². The summed E-state index contributed by atoms with van der Waals surface area (Å²) in [5.74, 6) is 0.0826. The van der Waals surface area contributed by atoms with Crippen LogP contribution in [0.15, 0.2) is 36.5 Å². The molecule has 2 heterocycles. The summed E-state index contributed by atoms with van der Waals surface area (Å²) in [6, 6.07) is 10.1. The van der Waals surface area contributed by atoms with Crippen LogP contribution in [0.2, 0.25) is 0 Å². The van der Waals surface area contributed by atoms with Crippen molar-refractivity contribution in [3.8, 4) is 11.3 Å². The Morgan fingerprint density at radius 1 is 1.25 bits per heavy atom. The second kappa shape index (κ2) is 6.06. The van der Waals surface area contributed by atoms with Gasteiger partial charge in [-0.2, -0.15) is 0 Å². The molecule has 3 aromatic rings. The van der Waals surface area contributed by atoms with E-state index in [9.17, 15) is 4.79 Å². The van der Waals surface area contributed by atoms with Gasteiger partial charge in [-0.05, 0) is 34.6 Å². The number of hydrogen-bond donors (Lipinski definition) is 0. The van der Waals surface area contributed by atoms with E-state index in [1.54, 1.807) is 0 Å². The van der Waals surface area contributed by atoms with E-state index in [2.05, 4.69) is 20.8 Å². The number of thiazole rings is 1. The van der Waals surface area contributed by atoms with Crippen LogP contribution in [0.4, 0.5) is 0 Å². The first-order valence-electron chi connectivity index (χ1n) is 8.18. The monoisotopic (exact) mass is 341 g/mol. The molecule has 0 aliphatic carbocycles. The number of nitrogens with zero attached hydrogens (tertiary/aromatic N) is 3. The third-order valence-electron chi connectivity index (χ3n) is 4.19. The van der Waals surface area contributed by atoms with E-state index in [0.717, 1.165) is 26.8 Å². The van der Waals surface area contributed by atoms with Crippen molar-refractivity contribution in [2.45, 2.75) is 40.2 Å². The number of aryl methyl sites for hydroxylation is 1. The normalized spacial score (nSPS) is 11.9. The van der Waals surface area contributed by atoms with E-state index in [-0.39, 0.29) is 11.4 Å². The number of fused-ring (bicyclic) bond motifs is 1. The van der Waals surface area contributed by atoms with Gasteiger partial charge in [0, 0.05) is 29.5 Å². The molecule has 1 aromatic carbocycles. The lowest BCUT2D eigenvalue weighted by atomic mass is 10.1. The van der Waals surface area contributed by atoms with Crippen LogP contribution in [0.3, 0.4) is 0 Å². The molecule has 0 atom stereocenters. The quantitative estimate of drug-likeness (QED) is 0.696. The Morgan fingerprint density at radius 3 is 2.46 bits per heavy atom. The SMILES string of the molecule is CCN(C(=O)c1sc2nc(-c3ccccc3)cn2c1C)C(C)(C)C. The van der Waals surface area contributed by atoms with E-state index >= 15 is 0 Å². The Labute approximate surface area is 146 Å². The molecule has 1 amide bonds. The maximum absolute atomic E-state index is 13.0. The fraction of sp³-hybridized carbons (Fsp3) is 0.368. The maximum Gasteiger partial charge on any atom is 0.266 e. The Bertz CT molecular complexity index is 871. The molecule has 126 valence electrons. The molecule has 0 fully saturated rings. The summed E-state index contributed by atoms with van der Waals surface area (Å²) in [5.41, 5.74) is 2.79. The zero-order valence-electron chi connectivity index (χ0n) is 14.8. The number of benzene rings is 1. The van der Waals surface area contributed by atoms with Gasteiger partial charge in [0.1, 0.15) is 4.88 Å². The Kier molecular flexibility index (Phi) is 4.22. The van der Waals surface area contributed by atoms with Crippen molar-refractivity contribution in [3.63, 3.8) is 0 Å². The summed E-state index contributed by atoms with van der Waals surface area (Å²) in [4.78, 5) is 21.2. The topological polar surface area (TPSA) is 37.6 Å². The first-order valence-corrected chi connectivity index (χ1v) is 9.00. The molecule has 4 nitrogen and oxygen atoms in total. The Balaban J connectivity index is 2.01. The van der Waals surface area contributed by atoms with Crippen molar-refractivity contribution in [1.29, 1.82) is 0 Å². The second-order valence-corrected chi connectivity index (χ2v) is 7.86. The molecule has 0 saturated carbocycles. The van der Waals surface area contributed by atoms with Crippen LogP contribution in [-0.4, -0.2) is 32.3 Å². The van der Waals surface area contributed by atoms with Crippen molar-refractivity contribution in [1.82, 2.24) is 14.3 Å². The highest BCUT2D eigenvalue weighted by molar-refractivity contribution is 7.19. The van der Waals surface area contributed by atoms with Gasteiger partial charge in [-0.15, -0.1) is 0 Å². The molecule has 24 heavy (non-hydrogen) atoms. The number of rotatable bonds is 3. The molecular formula is C19H23N3OS. The minimum atomic E-state index is -0.195. The average Bonchev–Trinajstić information content (AvgIpc) is 3.07. The number of amides is 1. The zero-order valence-corrected chi connectivity index (χ0v) is 15.6. The van der Waals surface area contributed by atoms with E-state index in [1.165, 1.54) is 11.3 Å². The van der Waals surface area contributed by atoms with Crippen molar-refractivity contribution in [3.05, 3.63) is 47.1 Å². The van der Waals surface area contributed by atoms with Crippen LogP contribution in [0.25, 0.3) is 16.2 Å². The third-order valence-corrected chi connectivity index (χ3v) is 5.34. The standard InChI is InChI=1S/C19H23N3OS/c1-6-22(19(3,4)5)17(23)16-13(2)21-12-15(20-18(21)24-16)14-10-8-7-9-11-14/h7-12H,6H2,1-5H3. The summed E-state index contributed by atoms with van der Waals surface area (Å²) in [6.45, 7) is 10.9. The van der Waals surface area contributed by atoms with E-state index in [1.807, 2.05) is 59.7 Å². The van der Waals surface area contributed by atoms with E-state index in [0.29, 0.717) is 6.54 Å². The predicted molar refractivity (Wildman–Crippen MR) is 99.7 cm³/mol. The summed E-state index contributed by atoms with van der Waals surface area (Å²) in [6.07, 6.45) is 2.01. The van der Waals surface area contributed by atoms with Gasteiger partial charge in [-0.1, -0.05) is 41.7 Å². The Morgan fingerprint density at radius 2 is 1.92 bits per heavy atom. The fourth-order valence-electron chi connectivity index (χ4n) is 2.94. The van der Waals surface area contributed by atoms with Gasteiger partial charge in [0.15, 0.2) is 4.96 Å². The first-order chi connectivity index (χ1) is 11.3. The number of carbonyl (C=O) groups is 1. The molecule has 0 aliphatic rings. The highest BCUT2D eigenvalue weighted by Crippen LogP contribution is 2.29. The third kappa shape index (κ3) is 2.84. The lowest BCUT2D eigenvalue weighted by molar-refractivity contribution is 0.0603. The molecule has 0 radical (unpaired) electrons. The van der Waals surface area contributed by atoms with Crippen molar-refractivity contribution >= 4 is 22.2 Å². The number of aromatic nitrogens is 2. The molecular weight excluding hydrogens is 318 g/mol. The van der Waals surface area contributed by atoms with Gasteiger partial charge in [0.05, 0.1) is 5.69 Å². The van der Waals surface area contributed by atoms with Crippen LogP contribution in [-0.2, 0) is 0 Å². The fourth-order valence-corrected chi connectivity index (χ4v) is 4.00. The summed E-state index contributed by atoms with van der Waals surface area (Å²) < 4.78 is 2.02. The molecule has 0 spiro atoms. The number of hydrogen-bond acceptors (Lipinski definition) is 3. The van der Waals surface area contributed by atoms with Crippen molar-refractivity contribution in [2.24, 2.45) is 0 Å². The predicted octanol–water partition coefficient (Wildman–Crippen LogP) is 4.63. The number of imidazole rings is 1. The van der Waals surface area contributed by atoms with E-state index in [4.69, 9.17) is 4.98 Å². The average molecular weight is 341 g/mol. The molecule has 0 bridgehead atoms. The smallest absolute Gasteiger partial charge is 0.266 e. The lowest BCUT2D eigenvalue weighted by Crippen LogP contribution is -2.45. The van der Waals surface area contributed by atoms with Gasteiger partial charge in [-0.3, -0.25) is 9.20 Å². The molecule has 0 aliphatic heterocycles. The summed E-state index contributed by atoms with van der Waals surface area (Å²) in [7, 11) is 0. The van der Waals surface area contributed by atoms with Crippen LogP contribution in [0, 0.1) is 6.92 Å². The number of carbonyl (C=O) groups excluding carboxylic acids is 1. The Hall–Kier alpha value is -2.14. The van der Waals surface area contributed by atoms with Crippen LogP contribution in [0.1, 0.15) is 43.1 Å². The van der Waals surface area contributed by atoms with Crippen LogP contribution >= 0.6 is 11.3 Å². The largest absolute Gasteiger partial charge is 0.333 e. The lowest BCUT2D eigenvalue weighted by Gasteiger charge is -2.34. The van der Waals surface area contributed by atoms with Crippen LogP contribution in [0.5, 0.6) is 0 Å². The molecule has 0 N–H and O–H groups in total. The van der Waals surface area contributed by atoms with Gasteiger partial charge in [-0.25, -0.2) is 4.98 Å². The molecule has 5 heteroatoms. The second-order valence-electron chi connectivity index (χ2n) is 6.88. The van der Waals surface area contributed by atoms with Crippen LogP contribution < -0.4 is 0 Å². The molecule has 3 rings (SSSR count). The minimum Gasteiger partial charge on any atom is -0.333 e. The molecule has 0 unspecified atom stereocenters. The summed E-state index contributed by atoms with van der Waals surface area (Å²) >= 11 is 1.47. The van der Waals surface area contributed by atoms with Crippen molar-refractivity contribution < 1.29 is 4.79 Å². The molecule has 2 aromatic heterocycles.